The summed E-state index contributed by atoms with van der Waals surface area (Å²) in [6.45, 7) is 18.4. The van der Waals surface area contributed by atoms with E-state index in [2.05, 4.69) is 56.9 Å². The van der Waals surface area contributed by atoms with Gasteiger partial charge in [0.05, 0.1) is 19.4 Å². The van der Waals surface area contributed by atoms with Crippen LogP contribution in [0.15, 0.2) is 6.20 Å². The quantitative estimate of drug-likeness (QED) is 0.499. The minimum absolute atomic E-state index is 0.115. The Labute approximate surface area is 188 Å². The average molecular weight is 437 g/mol. The molecule has 0 atom stereocenters. The van der Waals surface area contributed by atoms with E-state index in [1.807, 2.05) is 4.68 Å². The molecule has 0 bridgehead atoms. The van der Waals surface area contributed by atoms with E-state index in [0.717, 1.165) is 58.7 Å². The molecule has 178 valence electrons. The molecule has 0 saturated carbocycles. The number of carbonyl (C=O) groups is 1. The zero-order valence-electron chi connectivity index (χ0n) is 20.6. The summed E-state index contributed by atoms with van der Waals surface area (Å²) in [6, 6.07) is 0. The van der Waals surface area contributed by atoms with Gasteiger partial charge in [-0.2, -0.15) is 5.10 Å². The fourth-order valence-corrected chi connectivity index (χ4v) is 4.37. The summed E-state index contributed by atoms with van der Waals surface area (Å²) in [7, 11) is 0. The van der Waals surface area contributed by atoms with Gasteiger partial charge in [-0.1, -0.05) is 47.0 Å². The highest BCUT2D eigenvalue weighted by atomic mass is 16.5. The highest BCUT2D eigenvalue weighted by molar-refractivity contribution is 5.96. The summed E-state index contributed by atoms with van der Waals surface area (Å²) < 4.78 is 13.4. The molecule has 1 N–H and O–H groups in total. The summed E-state index contributed by atoms with van der Waals surface area (Å²) in [5.74, 6) is 0.476. The number of aromatic nitrogens is 2. The predicted octanol–water partition coefficient (Wildman–Crippen LogP) is 4.12. The zero-order chi connectivity index (χ0) is 22.9. The molecule has 0 aliphatic carbocycles. The first-order valence-electron chi connectivity index (χ1n) is 11.9. The maximum absolute atomic E-state index is 13.2. The molecule has 1 amide bonds. The molecule has 1 saturated heterocycles. The first-order chi connectivity index (χ1) is 14.6. The largest absolute Gasteiger partial charge is 0.476 e. The van der Waals surface area contributed by atoms with Gasteiger partial charge < -0.3 is 14.8 Å². The Morgan fingerprint density at radius 1 is 1.13 bits per heavy atom. The molecule has 2 heterocycles. The first kappa shape index (κ1) is 25.7. The Bertz CT molecular complexity index is 673. The molecule has 1 aliphatic rings. The number of ether oxygens (including phenoxy) is 2. The van der Waals surface area contributed by atoms with E-state index in [9.17, 15) is 4.79 Å². The number of amides is 1. The summed E-state index contributed by atoms with van der Waals surface area (Å²) in [4.78, 5) is 15.5. The van der Waals surface area contributed by atoms with E-state index in [4.69, 9.17) is 9.47 Å². The Balaban J connectivity index is 2.06. The molecule has 2 rings (SSSR count). The molecule has 0 unspecified atom stereocenters. The third-order valence-electron chi connectivity index (χ3n) is 5.43. The molecule has 0 radical (unpaired) electrons. The van der Waals surface area contributed by atoms with Crippen LogP contribution in [0.4, 0.5) is 0 Å². The number of rotatable bonds is 12. The van der Waals surface area contributed by atoms with Gasteiger partial charge in [-0.3, -0.25) is 9.69 Å². The van der Waals surface area contributed by atoms with Crippen molar-refractivity contribution in [3.63, 3.8) is 0 Å². The van der Waals surface area contributed by atoms with Crippen molar-refractivity contribution < 1.29 is 14.3 Å². The van der Waals surface area contributed by atoms with Crippen molar-refractivity contribution in [3.05, 3.63) is 11.8 Å². The second kappa shape index (κ2) is 11.9. The van der Waals surface area contributed by atoms with Crippen molar-refractivity contribution in [1.82, 2.24) is 20.0 Å². The minimum Gasteiger partial charge on any atom is -0.476 e. The molecule has 0 aromatic carbocycles. The second-order valence-electron chi connectivity index (χ2n) is 10.5. The van der Waals surface area contributed by atoms with Crippen LogP contribution < -0.4 is 10.1 Å². The lowest BCUT2D eigenvalue weighted by Gasteiger charge is -2.33. The van der Waals surface area contributed by atoms with E-state index in [0.29, 0.717) is 18.1 Å². The lowest BCUT2D eigenvalue weighted by molar-refractivity contribution is 0.0316. The molecule has 31 heavy (non-hydrogen) atoms. The lowest BCUT2D eigenvalue weighted by atomic mass is 9.81. The normalized spacial score (nSPS) is 15.8. The molecule has 0 spiro atoms. The number of nitrogens with zero attached hydrogens (tertiary/aromatic N) is 3. The van der Waals surface area contributed by atoms with Crippen LogP contribution in [-0.4, -0.2) is 65.6 Å². The number of nitrogens with one attached hydrogen (secondary N) is 1. The van der Waals surface area contributed by atoms with E-state index < -0.39 is 0 Å². The van der Waals surface area contributed by atoms with E-state index >= 15 is 0 Å². The summed E-state index contributed by atoms with van der Waals surface area (Å²) >= 11 is 0. The highest BCUT2D eigenvalue weighted by Gasteiger charge is 2.29. The van der Waals surface area contributed by atoms with Gasteiger partial charge in [0.1, 0.15) is 12.2 Å². The van der Waals surface area contributed by atoms with Gasteiger partial charge in [0.15, 0.2) is 0 Å². The molecule has 1 aromatic rings. The molecule has 1 fully saturated rings. The number of unbranched alkanes of at least 4 members (excludes halogenated alkanes) is 3. The van der Waals surface area contributed by atoms with Gasteiger partial charge in [0.25, 0.3) is 5.91 Å². The van der Waals surface area contributed by atoms with Gasteiger partial charge in [0, 0.05) is 31.7 Å². The molecule has 1 aromatic heterocycles. The van der Waals surface area contributed by atoms with Gasteiger partial charge in [-0.05, 0) is 32.1 Å². The smallest absolute Gasteiger partial charge is 0.258 e. The Kier molecular flexibility index (Phi) is 9.82. The van der Waals surface area contributed by atoms with Gasteiger partial charge in [0.2, 0.25) is 5.88 Å². The van der Waals surface area contributed by atoms with Gasteiger partial charge in [-0.15, -0.1) is 0 Å². The van der Waals surface area contributed by atoms with Crippen LogP contribution in [0.2, 0.25) is 0 Å². The van der Waals surface area contributed by atoms with Crippen LogP contribution in [0.3, 0.4) is 0 Å². The topological polar surface area (TPSA) is 68.6 Å². The minimum atomic E-state index is -0.316. The van der Waals surface area contributed by atoms with Crippen molar-refractivity contribution in [1.29, 1.82) is 0 Å². The summed E-state index contributed by atoms with van der Waals surface area (Å²) in [5, 5.41) is 7.70. The maximum atomic E-state index is 13.2. The number of hydrogen-bond donors (Lipinski definition) is 1. The predicted molar refractivity (Wildman–Crippen MR) is 125 cm³/mol. The third-order valence-corrected chi connectivity index (χ3v) is 5.43. The molecular formula is C24H44N4O3. The van der Waals surface area contributed by atoms with E-state index in [1.54, 1.807) is 6.20 Å². The molecule has 7 nitrogen and oxygen atoms in total. The van der Waals surface area contributed by atoms with Crippen molar-refractivity contribution >= 4 is 5.91 Å². The van der Waals surface area contributed by atoms with Crippen LogP contribution in [0.1, 0.15) is 84.0 Å². The fraction of sp³-hybridized carbons (Fsp3) is 0.833. The number of carbonyl (C=O) groups excluding carboxylic acids is 1. The molecule has 1 aliphatic heterocycles. The zero-order valence-corrected chi connectivity index (χ0v) is 20.6. The third kappa shape index (κ3) is 9.19. The summed E-state index contributed by atoms with van der Waals surface area (Å²) in [6.07, 6.45) is 7.13. The summed E-state index contributed by atoms with van der Waals surface area (Å²) in [5.41, 5.74) is 0.334. The molecule has 7 heteroatoms. The first-order valence-corrected chi connectivity index (χ1v) is 11.9. The Morgan fingerprint density at radius 2 is 1.84 bits per heavy atom. The number of aryl methyl sites for hydroxylation is 1. The SMILES string of the molecule is CCCCCCn1ncc(C(=O)NC(C)(C)CC(C)(C)C)c1OCCN1CCOCC1. The van der Waals surface area contributed by atoms with Gasteiger partial charge >= 0.3 is 0 Å². The van der Waals surface area contributed by atoms with Crippen LogP contribution in [0.25, 0.3) is 0 Å². The van der Waals surface area contributed by atoms with E-state index in [-0.39, 0.29) is 16.9 Å². The van der Waals surface area contributed by atoms with Crippen LogP contribution >= 0.6 is 0 Å². The van der Waals surface area contributed by atoms with Crippen molar-refractivity contribution in [2.75, 3.05) is 39.5 Å². The van der Waals surface area contributed by atoms with E-state index in [1.165, 1.54) is 12.8 Å². The second-order valence-corrected chi connectivity index (χ2v) is 10.5. The monoisotopic (exact) mass is 436 g/mol. The van der Waals surface area contributed by atoms with Crippen molar-refractivity contribution in [2.45, 2.75) is 85.7 Å². The Morgan fingerprint density at radius 3 is 2.48 bits per heavy atom. The van der Waals surface area contributed by atoms with Crippen molar-refractivity contribution in [2.24, 2.45) is 5.41 Å². The fourth-order valence-electron chi connectivity index (χ4n) is 4.37. The van der Waals surface area contributed by atoms with Crippen LogP contribution in [-0.2, 0) is 11.3 Å². The van der Waals surface area contributed by atoms with Gasteiger partial charge in [-0.25, -0.2) is 4.68 Å². The average Bonchev–Trinajstić information content (AvgIpc) is 3.07. The highest BCUT2D eigenvalue weighted by Crippen LogP contribution is 2.28. The van der Waals surface area contributed by atoms with Crippen LogP contribution in [0, 0.1) is 5.41 Å². The number of hydrogen-bond acceptors (Lipinski definition) is 5. The maximum Gasteiger partial charge on any atom is 0.258 e. The molecular weight excluding hydrogens is 392 g/mol. The lowest BCUT2D eigenvalue weighted by Crippen LogP contribution is -2.45. The standard InChI is InChI=1S/C24H44N4O3/c1-7-8-9-10-11-28-22(31-17-14-27-12-15-30-16-13-27)20(18-25-28)21(29)26-24(5,6)19-23(2,3)4/h18H,7-17,19H2,1-6H3,(H,26,29). The van der Waals surface area contributed by atoms with Crippen LogP contribution in [0.5, 0.6) is 5.88 Å². The van der Waals surface area contributed by atoms with Crippen molar-refractivity contribution in [3.8, 4) is 5.88 Å². The number of morpholine rings is 1. The Hall–Kier alpha value is -1.60.